The molecule has 0 spiro atoms. The van der Waals surface area contributed by atoms with Gasteiger partial charge in [-0.05, 0) is 63.7 Å². The second kappa shape index (κ2) is 8.36. The number of nitrogens with two attached hydrogens (primary N) is 1. The molecule has 36 heavy (non-hydrogen) atoms. The summed E-state index contributed by atoms with van der Waals surface area (Å²) in [6.45, 7) is 2.65. The Balaban J connectivity index is 1.41. The van der Waals surface area contributed by atoms with Crippen LogP contribution >= 0.6 is 0 Å². The maximum absolute atomic E-state index is 13.5. The zero-order valence-corrected chi connectivity index (χ0v) is 22.0. The molecule has 1 aliphatic heterocycles. The maximum atomic E-state index is 13.5. The highest BCUT2D eigenvalue weighted by Gasteiger charge is 2.43. The summed E-state index contributed by atoms with van der Waals surface area (Å²) in [5.74, 6) is 2.28. The first-order chi connectivity index (χ1) is 17.1. The highest BCUT2D eigenvalue weighted by atomic mass is 32.2. The molecule has 0 amide bonds. The summed E-state index contributed by atoms with van der Waals surface area (Å²) in [5.41, 5.74) is 8.29. The fourth-order valence-corrected chi connectivity index (χ4v) is 6.66. The number of aromatic nitrogens is 5. The molecule has 11 heteroatoms. The van der Waals surface area contributed by atoms with Crippen LogP contribution in [0.25, 0.3) is 22.2 Å². The Morgan fingerprint density at radius 2 is 1.89 bits per heavy atom. The molecule has 0 radical (unpaired) electrons. The first-order valence-corrected chi connectivity index (χ1v) is 15.0. The molecule has 3 aromatic heterocycles. The normalized spacial score (nSPS) is 21.7. The SMILES string of the molecule is CC(C[C@H]1CCCN1c1cc(-c2cn(C(C3CC3)C3CC3)c(=O)c3c(N)n[nH]c23)nn1C)S(C)(=O)=O. The Kier molecular flexibility index (Phi) is 5.47. The van der Waals surface area contributed by atoms with Gasteiger partial charge in [-0.25, -0.2) is 8.42 Å². The molecule has 0 aromatic carbocycles. The Morgan fingerprint density at radius 3 is 2.53 bits per heavy atom. The summed E-state index contributed by atoms with van der Waals surface area (Å²) < 4.78 is 27.9. The number of hydrogen-bond donors (Lipinski definition) is 2. The van der Waals surface area contributed by atoms with Crippen molar-refractivity contribution < 1.29 is 8.42 Å². The average molecular weight is 514 g/mol. The van der Waals surface area contributed by atoms with Gasteiger partial charge in [0.2, 0.25) is 0 Å². The van der Waals surface area contributed by atoms with Crippen LogP contribution < -0.4 is 16.2 Å². The molecule has 6 rings (SSSR count). The van der Waals surface area contributed by atoms with Crippen LogP contribution in [0, 0.1) is 11.8 Å². The minimum Gasteiger partial charge on any atom is -0.382 e. The smallest absolute Gasteiger partial charge is 0.264 e. The molecule has 0 bridgehead atoms. The van der Waals surface area contributed by atoms with E-state index in [-0.39, 0.29) is 23.5 Å². The van der Waals surface area contributed by atoms with Gasteiger partial charge in [0.15, 0.2) is 5.82 Å². The van der Waals surface area contributed by atoms with Crippen molar-refractivity contribution >= 4 is 32.4 Å². The number of anilines is 2. The van der Waals surface area contributed by atoms with Gasteiger partial charge in [0.05, 0.1) is 16.5 Å². The van der Waals surface area contributed by atoms with Crippen LogP contribution in [-0.4, -0.2) is 57.1 Å². The van der Waals surface area contributed by atoms with E-state index in [1.807, 2.05) is 28.6 Å². The Labute approximate surface area is 210 Å². The molecule has 2 atom stereocenters. The second-order valence-corrected chi connectivity index (χ2v) is 13.6. The monoisotopic (exact) mass is 513 g/mol. The van der Waals surface area contributed by atoms with Gasteiger partial charge in [-0.3, -0.25) is 14.6 Å². The third kappa shape index (κ3) is 4.01. The zero-order valence-electron chi connectivity index (χ0n) is 21.1. The predicted molar refractivity (Wildman–Crippen MR) is 141 cm³/mol. The van der Waals surface area contributed by atoms with E-state index in [9.17, 15) is 13.2 Å². The van der Waals surface area contributed by atoms with E-state index in [4.69, 9.17) is 10.8 Å². The first kappa shape index (κ1) is 23.6. The van der Waals surface area contributed by atoms with E-state index in [1.165, 1.54) is 6.26 Å². The fraction of sp³-hybridized carbons (Fsp3) is 0.640. The molecular formula is C25H35N7O3S. The lowest BCUT2D eigenvalue weighted by Crippen LogP contribution is -2.35. The molecule has 10 nitrogen and oxygen atoms in total. The lowest BCUT2D eigenvalue weighted by Gasteiger charge is -2.28. The van der Waals surface area contributed by atoms with Crippen molar-refractivity contribution in [3.8, 4) is 11.3 Å². The topological polar surface area (TPSA) is 132 Å². The van der Waals surface area contributed by atoms with Gasteiger partial charge in [-0.15, -0.1) is 0 Å². The molecular weight excluding hydrogens is 478 g/mol. The number of H-pyrrole nitrogens is 1. The van der Waals surface area contributed by atoms with Gasteiger partial charge >= 0.3 is 0 Å². The van der Waals surface area contributed by atoms with E-state index in [2.05, 4.69) is 15.1 Å². The first-order valence-electron chi connectivity index (χ1n) is 13.0. The number of pyridine rings is 1. The van der Waals surface area contributed by atoms with E-state index < -0.39 is 15.1 Å². The van der Waals surface area contributed by atoms with Crippen molar-refractivity contribution in [3.05, 3.63) is 22.6 Å². The number of rotatable bonds is 8. The minimum absolute atomic E-state index is 0.0747. The van der Waals surface area contributed by atoms with Crippen LogP contribution in [0.3, 0.4) is 0 Å². The number of fused-ring (bicyclic) bond motifs is 1. The van der Waals surface area contributed by atoms with Gasteiger partial charge in [-0.2, -0.15) is 10.2 Å². The van der Waals surface area contributed by atoms with Crippen molar-refractivity contribution in [2.45, 2.75) is 69.2 Å². The lowest BCUT2D eigenvalue weighted by molar-refractivity contribution is 0.386. The molecule has 1 saturated heterocycles. The largest absolute Gasteiger partial charge is 0.382 e. The van der Waals surface area contributed by atoms with E-state index >= 15 is 0 Å². The predicted octanol–water partition coefficient (Wildman–Crippen LogP) is 2.86. The number of nitrogens with one attached hydrogen (secondary N) is 1. The lowest BCUT2D eigenvalue weighted by atomic mass is 10.0. The van der Waals surface area contributed by atoms with Crippen molar-refractivity contribution in [1.82, 2.24) is 24.5 Å². The van der Waals surface area contributed by atoms with Crippen molar-refractivity contribution in [3.63, 3.8) is 0 Å². The van der Waals surface area contributed by atoms with Crippen LogP contribution in [0.1, 0.15) is 57.9 Å². The van der Waals surface area contributed by atoms with Crippen LogP contribution in [0.4, 0.5) is 11.6 Å². The number of aryl methyl sites for hydroxylation is 1. The second-order valence-electron chi connectivity index (χ2n) is 11.2. The van der Waals surface area contributed by atoms with Gasteiger partial charge < -0.3 is 15.2 Å². The number of hydrogen-bond acceptors (Lipinski definition) is 7. The molecule has 2 saturated carbocycles. The van der Waals surface area contributed by atoms with E-state index in [0.717, 1.165) is 62.1 Å². The maximum Gasteiger partial charge on any atom is 0.264 e. The molecule has 4 heterocycles. The van der Waals surface area contributed by atoms with E-state index in [0.29, 0.717) is 29.2 Å². The molecule has 2 aliphatic carbocycles. The molecule has 3 aromatic rings. The van der Waals surface area contributed by atoms with Crippen molar-refractivity contribution in [2.75, 3.05) is 23.4 Å². The summed E-state index contributed by atoms with van der Waals surface area (Å²) in [4.78, 5) is 15.8. The Hall–Kier alpha value is -2.82. The van der Waals surface area contributed by atoms with Crippen molar-refractivity contribution in [1.29, 1.82) is 0 Å². The fourth-order valence-electron chi connectivity index (χ4n) is 6.09. The summed E-state index contributed by atoms with van der Waals surface area (Å²) in [6, 6.07) is 2.40. The zero-order chi connectivity index (χ0) is 25.4. The molecule has 194 valence electrons. The summed E-state index contributed by atoms with van der Waals surface area (Å²) in [5, 5.41) is 12.1. The van der Waals surface area contributed by atoms with Gasteiger partial charge in [0, 0.05) is 49.8 Å². The number of sulfone groups is 1. The average Bonchev–Trinajstić information content (AvgIpc) is 3.72. The summed E-state index contributed by atoms with van der Waals surface area (Å²) in [7, 11) is -1.17. The highest BCUT2D eigenvalue weighted by Crippen LogP contribution is 2.52. The summed E-state index contributed by atoms with van der Waals surface area (Å²) in [6.07, 6.45) is 10.5. The van der Waals surface area contributed by atoms with Crippen LogP contribution in [0.2, 0.25) is 0 Å². The molecule has 3 aliphatic rings. The van der Waals surface area contributed by atoms with Gasteiger partial charge in [-0.1, -0.05) is 0 Å². The highest BCUT2D eigenvalue weighted by molar-refractivity contribution is 7.91. The van der Waals surface area contributed by atoms with Crippen LogP contribution in [0.15, 0.2) is 17.1 Å². The number of nitrogens with zero attached hydrogens (tertiary/aromatic N) is 5. The van der Waals surface area contributed by atoms with Crippen LogP contribution in [-0.2, 0) is 16.9 Å². The third-order valence-electron chi connectivity index (χ3n) is 8.45. The van der Waals surface area contributed by atoms with Gasteiger partial charge in [0.25, 0.3) is 5.56 Å². The molecule has 3 N–H and O–H groups in total. The Bertz CT molecular complexity index is 1470. The standard InChI is InChI=1S/C25H35N7O3S/c1-14(36(3,34)35)11-17-5-4-10-31(17)20-12-19(29-30(20)2)18-13-32(23(15-6-7-15)16-8-9-16)25(33)21-22(18)27-28-24(21)26/h12-17,23H,4-11H2,1-3H3,(H3,26,27,28)/t14?,17-/m1/s1. The molecule has 3 fully saturated rings. The summed E-state index contributed by atoms with van der Waals surface area (Å²) >= 11 is 0. The molecule has 1 unspecified atom stereocenters. The minimum atomic E-state index is -3.09. The third-order valence-corrected chi connectivity index (χ3v) is 10.1. The number of nitrogen functional groups attached to an aromatic ring is 1. The van der Waals surface area contributed by atoms with Gasteiger partial charge in [0.1, 0.15) is 21.0 Å². The number of aromatic amines is 1. The Morgan fingerprint density at radius 1 is 1.19 bits per heavy atom. The van der Waals surface area contributed by atoms with Crippen LogP contribution in [0.5, 0.6) is 0 Å². The quantitative estimate of drug-likeness (QED) is 0.473. The van der Waals surface area contributed by atoms with Crippen molar-refractivity contribution in [2.24, 2.45) is 18.9 Å². The van der Waals surface area contributed by atoms with E-state index in [1.54, 1.807) is 6.92 Å².